The Morgan fingerprint density at radius 2 is 1.78 bits per heavy atom. The number of hydrogen-bond acceptors (Lipinski definition) is 5. The summed E-state index contributed by atoms with van der Waals surface area (Å²) < 4.78 is 0. The number of benzene rings is 2. The molecule has 0 saturated heterocycles. The molecule has 0 spiro atoms. The SMILES string of the molecule is Cc1sc(NC(=O)CN2CCc3ccccc3C2)nc1-c1ccc2c(c1)CCN2C(=O)C1CCCCC1. The van der Waals surface area contributed by atoms with Gasteiger partial charge in [0.05, 0.1) is 12.2 Å². The maximum Gasteiger partial charge on any atom is 0.240 e. The number of aromatic nitrogens is 1. The molecule has 1 aromatic heterocycles. The van der Waals surface area contributed by atoms with Gasteiger partial charge in [-0.1, -0.05) is 49.6 Å². The van der Waals surface area contributed by atoms with Crippen LogP contribution in [0.4, 0.5) is 10.8 Å². The number of thiazole rings is 1. The molecule has 192 valence electrons. The van der Waals surface area contributed by atoms with Crippen molar-refractivity contribution in [2.45, 2.75) is 58.4 Å². The van der Waals surface area contributed by atoms with Crippen LogP contribution in [0.3, 0.4) is 0 Å². The van der Waals surface area contributed by atoms with Crippen LogP contribution in [0.15, 0.2) is 42.5 Å². The van der Waals surface area contributed by atoms with Crippen LogP contribution in [0.25, 0.3) is 11.3 Å². The average molecular weight is 515 g/mol. The molecule has 2 amide bonds. The minimum atomic E-state index is -0.0227. The van der Waals surface area contributed by atoms with Gasteiger partial charge in [-0.3, -0.25) is 14.5 Å². The van der Waals surface area contributed by atoms with E-state index in [9.17, 15) is 9.59 Å². The Bertz CT molecular complexity index is 1330. The highest BCUT2D eigenvalue weighted by molar-refractivity contribution is 7.16. The lowest BCUT2D eigenvalue weighted by Crippen LogP contribution is -2.37. The molecule has 3 aliphatic rings. The first-order valence-corrected chi connectivity index (χ1v) is 14.4. The number of hydrogen-bond donors (Lipinski definition) is 1. The van der Waals surface area contributed by atoms with Crippen LogP contribution in [0.1, 0.15) is 53.7 Å². The van der Waals surface area contributed by atoms with Gasteiger partial charge in [0.2, 0.25) is 11.8 Å². The third-order valence-electron chi connectivity index (χ3n) is 8.09. The van der Waals surface area contributed by atoms with Crippen molar-refractivity contribution in [1.29, 1.82) is 0 Å². The summed E-state index contributed by atoms with van der Waals surface area (Å²) in [5.74, 6) is 0.467. The third kappa shape index (κ3) is 5.07. The molecule has 1 N–H and O–H groups in total. The Labute approximate surface area is 222 Å². The Balaban J connectivity index is 1.11. The van der Waals surface area contributed by atoms with Crippen molar-refractivity contribution >= 4 is 34.0 Å². The van der Waals surface area contributed by atoms with Gasteiger partial charge in [-0.15, -0.1) is 11.3 Å². The van der Waals surface area contributed by atoms with Gasteiger partial charge in [-0.25, -0.2) is 4.98 Å². The normalized spacial score (nSPS) is 17.9. The molecule has 2 aromatic carbocycles. The van der Waals surface area contributed by atoms with Gasteiger partial charge in [-0.2, -0.15) is 0 Å². The second-order valence-corrected chi connectivity index (χ2v) is 11.8. The lowest BCUT2D eigenvalue weighted by molar-refractivity contribution is -0.123. The lowest BCUT2D eigenvalue weighted by atomic mass is 9.88. The van der Waals surface area contributed by atoms with Crippen LogP contribution in [0.5, 0.6) is 0 Å². The number of nitrogens with zero attached hydrogens (tertiary/aromatic N) is 3. The molecule has 6 nitrogen and oxygen atoms in total. The van der Waals surface area contributed by atoms with Crippen LogP contribution in [0, 0.1) is 12.8 Å². The van der Waals surface area contributed by atoms with E-state index < -0.39 is 0 Å². The van der Waals surface area contributed by atoms with E-state index in [0.29, 0.717) is 17.6 Å². The highest BCUT2D eigenvalue weighted by atomic mass is 32.1. The van der Waals surface area contributed by atoms with Crippen LogP contribution < -0.4 is 10.2 Å². The first kappa shape index (κ1) is 24.3. The lowest BCUT2D eigenvalue weighted by Gasteiger charge is -2.27. The van der Waals surface area contributed by atoms with Crippen molar-refractivity contribution in [2.24, 2.45) is 5.92 Å². The molecule has 0 atom stereocenters. The molecule has 1 saturated carbocycles. The molecule has 3 aromatic rings. The number of aryl methyl sites for hydroxylation is 1. The molecule has 7 heteroatoms. The molecular formula is C30H34N4O2S. The quantitative estimate of drug-likeness (QED) is 0.482. The first-order chi connectivity index (χ1) is 18.0. The van der Waals surface area contributed by atoms with Crippen LogP contribution >= 0.6 is 11.3 Å². The first-order valence-electron chi connectivity index (χ1n) is 13.6. The predicted molar refractivity (Wildman–Crippen MR) is 149 cm³/mol. The standard InChI is InChI=1S/C30H34N4O2S/c1-20-28(24-11-12-26-23(17-24)14-16-34(26)29(36)22-8-3-2-4-9-22)32-30(37-20)31-27(35)19-33-15-13-21-7-5-6-10-25(21)18-33/h5-7,10-12,17,22H,2-4,8-9,13-16,18-19H2,1H3,(H,31,32,35). The van der Waals surface area contributed by atoms with Crippen LogP contribution in [-0.4, -0.2) is 41.3 Å². The van der Waals surface area contributed by atoms with E-state index in [0.717, 1.165) is 67.1 Å². The predicted octanol–water partition coefficient (Wildman–Crippen LogP) is 5.58. The van der Waals surface area contributed by atoms with E-state index in [1.54, 1.807) is 0 Å². The Hall–Kier alpha value is -3.03. The van der Waals surface area contributed by atoms with E-state index in [2.05, 4.69) is 59.6 Å². The van der Waals surface area contributed by atoms with Gasteiger partial charge in [0.15, 0.2) is 5.13 Å². The molecule has 0 bridgehead atoms. The second kappa shape index (κ2) is 10.4. The van der Waals surface area contributed by atoms with Crippen molar-refractivity contribution in [3.63, 3.8) is 0 Å². The number of carbonyl (C=O) groups is 2. The van der Waals surface area contributed by atoms with Gasteiger partial charge >= 0.3 is 0 Å². The number of nitrogens with one attached hydrogen (secondary N) is 1. The summed E-state index contributed by atoms with van der Waals surface area (Å²) in [5, 5.41) is 3.67. The zero-order valence-electron chi connectivity index (χ0n) is 21.5. The van der Waals surface area contributed by atoms with E-state index >= 15 is 0 Å². The molecule has 37 heavy (non-hydrogen) atoms. The summed E-state index contributed by atoms with van der Waals surface area (Å²) in [7, 11) is 0. The van der Waals surface area contributed by atoms with E-state index in [4.69, 9.17) is 4.98 Å². The second-order valence-electron chi connectivity index (χ2n) is 10.6. The van der Waals surface area contributed by atoms with Gasteiger partial charge in [0.25, 0.3) is 0 Å². The van der Waals surface area contributed by atoms with Crippen LogP contribution in [0.2, 0.25) is 0 Å². The van der Waals surface area contributed by atoms with Gasteiger partial charge in [0, 0.05) is 41.7 Å². The molecule has 1 aliphatic carbocycles. The number of fused-ring (bicyclic) bond motifs is 2. The van der Waals surface area contributed by atoms with E-state index in [-0.39, 0.29) is 11.8 Å². The zero-order chi connectivity index (χ0) is 25.4. The maximum atomic E-state index is 13.2. The molecular weight excluding hydrogens is 480 g/mol. The summed E-state index contributed by atoms with van der Waals surface area (Å²) in [5.41, 5.74) is 6.92. The zero-order valence-corrected chi connectivity index (χ0v) is 22.3. The largest absolute Gasteiger partial charge is 0.312 e. The summed E-state index contributed by atoms with van der Waals surface area (Å²) >= 11 is 1.52. The maximum absolute atomic E-state index is 13.2. The van der Waals surface area contributed by atoms with Gasteiger partial charge < -0.3 is 10.2 Å². The Morgan fingerprint density at radius 1 is 1.00 bits per heavy atom. The van der Waals surface area contributed by atoms with Crippen molar-refractivity contribution in [2.75, 3.05) is 29.9 Å². The number of rotatable bonds is 5. The van der Waals surface area contributed by atoms with Crippen molar-refractivity contribution in [3.05, 3.63) is 64.0 Å². The van der Waals surface area contributed by atoms with Crippen LogP contribution in [-0.2, 0) is 29.0 Å². The molecule has 6 rings (SSSR count). The summed E-state index contributed by atoms with van der Waals surface area (Å²) in [6.07, 6.45) is 7.51. The minimum Gasteiger partial charge on any atom is -0.312 e. The Morgan fingerprint density at radius 3 is 2.62 bits per heavy atom. The topological polar surface area (TPSA) is 65.5 Å². The summed E-state index contributed by atoms with van der Waals surface area (Å²) in [4.78, 5) is 36.0. The highest BCUT2D eigenvalue weighted by Crippen LogP contribution is 2.37. The third-order valence-corrected chi connectivity index (χ3v) is 8.98. The molecule has 0 radical (unpaired) electrons. The fraction of sp³-hybridized carbons (Fsp3) is 0.433. The molecule has 1 fully saturated rings. The number of amides is 2. The Kier molecular flexibility index (Phi) is 6.82. The van der Waals surface area contributed by atoms with E-state index in [1.807, 2.05) is 4.90 Å². The highest BCUT2D eigenvalue weighted by Gasteiger charge is 2.31. The smallest absolute Gasteiger partial charge is 0.240 e. The summed E-state index contributed by atoms with van der Waals surface area (Å²) in [6, 6.07) is 14.8. The van der Waals surface area contributed by atoms with Gasteiger partial charge in [0.1, 0.15) is 0 Å². The van der Waals surface area contributed by atoms with Crippen molar-refractivity contribution in [1.82, 2.24) is 9.88 Å². The molecule has 3 heterocycles. The average Bonchev–Trinajstić information content (AvgIpc) is 3.51. The fourth-order valence-corrected chi connectivity index (χ4v) is 6.97. The summed E-state index contributed by atoms with van der Waals surface area (Å²) in [6.45, 7) is 4.89. The van der Waals surface area contributed by atoms with E-state index in [1.165, 1.54) is 47.3 Å². The van der Waals surface area contributed by atoms with Crippen molar-refractivity contribution < 1.29 is 9.59 Å². The number of anilines is 2. The molecule has 2 aliphatic heterocycles. The molecule has 0 unspecified atom stereocenters. The monoisotopic (exact) mass is 514 g/mol. The minimum absolute atomic E-state index is 0.0227. The number of carbonyl (C=O) groups excluding carboxylic acids is 2. The van der Waals surface area contributed by atoms with Crippen molar-refractivity contribution in [3.8, 4) is 11.3 Å². The fourth-order valence-electron chi connectivity index (χ4n) is 6.12. The van der Waals surface area contributed by atoms with Gasteiger partial charge in [-0.05, 0) is 61.4 Å².